The zero-order valence-corrected chi connectivity index (χ0v) is 10.6. The lowest BCUT2D eigenvalue weighted by molar-refractivity contribution is 0.238. The Hall–Kier alpha value is 0.0300. The highest BCUT2D eigenvalue weighted by Crippen LogP contribution is 2.16. The second-order valence-corrected chi connectivity index (χ2v) is 5.44. The van der Waals surface area contributed by atoms with Gasteiger partial charge >= 0.3 is 0 Å². The summed E-state index contributed by atoms with van der Waals surface area (Å²) >= 11 is 5.11. The lowest BCUT2D eigenvalue weighted by Gasteiger charge is -2.30. The molecule has 0 spiro atoms. The van der Waals surface area contributed by atoms with E-state index in [-0.39, 0.29) is 0 Å². The molecule has 78 valence electrons. The maximum atomic E-state index is 4.41. The number of rotatable bonds is 2. The predicted molar refractivity (Wildman–Crippen MR) is 62.8 cm³/mol. The molecule has 0 amide bonds. The minimum absolute atomic E-state index is 0.562. The largest absolute Gasteiger partial charge is 0.311 e. The van der Waals surface area contributed by atoms with E-state index in [1.165, 1.54) is 5.01 Å². The number of nitrogens with one attached hydrogen (secondary N) is 1. The third-order valence-corrected chi connectivity index (χ3v) is 3.98. The molecule has 1 aliphatic rings. The van der Waals surface area contributed by atoms with Crippen LogP contribution in [0, 0.1) is 0 Å². The molecule has 1 aromatic heterocycles. The van der Waals surface area contributed by atoms with Gasteiger partial charge in [-0.25, -0.2) is 4.98 Å². The van der Waals surface area contributed by atoms with E-state index in [0.717, 1.165) is 30.7 Å². The molecule has 5 heteroatoms. The normalized spacial score (nSPS) is 24.0. The molecule has 14 heavy (non-hydrogen) atoms. The van der Waals surface area contributed by atoms with Crippen molar-refractivity contribution in [2.75, 3.05) is 26.7 Å². The second-order valence-electron chi connectivity index (χ2n) is 3.68. The van der Waals surface area contributed by atoms with Gasteiger partial charge in [-0.05, 0) is 23.0 Å². The quantitative estimate of drug-likeness (QED) is 0.884. The number of aromatic nitrogens is 1. The maximum absolute atomic E-state index is 4.41. The molecule has 2 rings (SSSR count). The van der Waals surface area contributed by atoms with Crippen molar-refractivity contribution in [2.24, 2.45) is 0 Å². The number of hydrogen-bond donors (Lipinski definition) is 1. The highest BCUT2D eigenvalue weighted by molar-refractivity contribution is 9.10. The first-order chi connectivity index (χ1) is 6.74. The summed E-state index contributed by atoms with van der Waals surface area (Å²) in [4.78, 5) is 6.77. The fourth-order valence-corrected chi connectivity index (χ4v) is 3.07. The van der Waals surface area contributed by atoms with Crippen LogP contribution < -0.4 is 5.32 Å². The van der Waals surface area contributed by atoms with Crippen molar-refractivity contribution < 1.29 is 0 Å². The minimum Gasteiger partial charge on any atom is -0.311 e. The molecule has 0 saturated carbocycles. The summed E-state index contributed by atoms with van der Waals surface area (Å²) in [5, 5.41) is 6.77. The summed E-state index contributed by atoms with van der Waals surface area (Å²) in [6.07, 6.45) is 1.04. The molecule has 1 fully saturated rings. The fourth-order valence-electron chi connectivity index (χ4n) is 1.72. The molecule has 2 heterocycles. The summed E-state index contributed by atoms with van der Waals surface area (Å²) in [5.41, 5.74) is 0. The summed E-state index contributed by atoms with van der Waals surface area (Å²) in [6.45, 7) is 3.36. The zero-order chi connectivity index (χ0) is 9.97. The number of thiazole rings is 1. The van der Waals surface area contributed by atoms with Crippen molar-refractivity contribution in [1.29, 1.82) is 0 Å². The van der Waals surface area contributed by atoms with E-state index in [1.807, 2.05) is 5.38 Å². The minimum atomic E-state index is 0.562. The van der Waals surface area contributed by atoms with Crippen LogP contribution in [0.5, 0.6) is 0 Å². The van der Waals surface area contributed by atoms with E-state index < -0.39 is 0 Å². The zero-order valence-electron chi connectivity index (χ0n) is 8.16. The van der Waals surface area contributed by atoms with Gasteiger partial charge in [0.05, 0.1) is 5.01 Å². The Balaban J connectivity index is 1.90. The van der Waals surface area contributed by atoms with Crippen molar-refractivity contribution in [3.63, 3.8) is 0 Å². The lowest BCUT2D eigenvalue weighted by Crippen LogP contribution is -2.49. The molecule has 0 bridgehead atoms. The molecular formula is C9H14BrN3S. The van der Waals surface area contributed by atoms with Gasteiger partial charge in [0.1, 0.15) is 4.60 Å². The van der Waals surface area contributed by atoms with E-state index in [0.29, 0.717) is 6.04 Å². The first kappa shape index (κ1) is 10.5. The van der Waals surface area contributed by atoms with E-state index in [4.69, 9.17) is 0 Å². The van der Waals surface area contributed by atoms with E-state index in [9.17, 15) is 0 Å². The van der Waals surface area contributed by atoms with Gasteiger partial charge in [-0.15, -0.1) is 11.3 Å². The molecule has 0 aromatic carbocycles. The highest BCUT2D eigenvalue weighted by atomic mass is 79.9. The van der Waals surface area contributed by atoms with Crippen LogP contribution in [0.1, 0.15) is 5.01 Å². The number of nitrogens with zero attached hydrogens (tertiary/aromatic N) is 2. The molecule has 1 atom stereocenters. The van der Waals surface area contributed by atoms with Crippen LogP contribution in [-0.2, 0) is 6.42 Å². The first-order valence-corrected chi connectivity index (χ1v) is 6.43. The van der Waals surface area contributed by atoms with Crippen LogP contribution in [-0.4, -0.2) is 42.6 Å². The maximum Gasteiger partial charge on any atom is 0.117 e. The monoisotopic (exact) mass is 275 g/mol. The van der Waals surface area contributed by atoms with Crippen molar-refractivity contribution in [3.05, 3.63) is 15.0 Å². The molecule has 1 N–H and O–H groups in total. The van der Waals surface area contributed by atoms with Gasteiger partial charge in [0.2, 0.25) is 0 Å². The lowest BCUT2D eigenvalue weighted by atomic mass is 10.1. The molecule has 1 unspecified atom stereocenters. The van der Waals surface area contributed by atoms with E-state index in [2.05, 4.69) is 38.2 Å². The van der Waals surface area contributed by atoms with Gasteiger partial charge in [-0.2, -0.15) is 0 Å². The first-order valence-electron chi connectivity index (χ1n) is 4.76. The smallest absolute Gasteiger partial charge is 0.117 e. The summed E-state index contributed by atoms with van der Waals surface area (Å²) < 4.78 is 0.960. The highest BCUT2D eigenvalue weighted by Gasteiger charge is 2.17. The number of piperazine rings is 1. The number of halogens is 1. The van der Waals surface area contributed by atoms with Crippen LogP contribution >= 0.6 is 27.3 Å². The van der Waals surface area contributed by atoms with Gasteiger partial charge < -0.3 is 10.2 Å². The Labute approximate surface area is 96.7 Å². The molecule has 1 aliphatic heterocycles. The van der Waals surface area contributed by atoms with Crippen LogP contribution in [0.25, 0.3) is 0 Å². The molecule has 3 nitrogen and oxygen atoms in total. The Kier molecular flexibility index (Phi) is 3.54. The number of hydrogen-bond acceptors (Lipinski definition) is 4. The standard InChI is InChI=1S/C9H14BrN3S/c1-13-3-2-11-7(5-13)4-9-12-8(10)6-14-9/h6-7,11H,2-5H2,1H3. The van der Waals surface area contributed by atoms with Crippen molar-refractivity contribution >= 4 is 27.3 Å². The molecule has 0 radical (unpaired) electrons. The Morgan fingerprint density at radius 1 is 1.79 bits per heavy atom. The summed E-state index contributed by atoms with van der Waals surface area (Å²) in [6, 6.07) is 0.562. The van der Waals surface area contributed by atoms with Gasteiger partial charge in [0.15, 0.2) is 0 Å². The number of likely N-dealkylation sites (N-methyl/N-ethyl adjacent to an activating group) is 1. The predicted octanol–water partition coefficient (Wildman–Crippen LogP) is 1.35. The Morgan fingerprint density at radius 3 is 3.29 bits per heavy atom. The molecule has 1 saturated heterocycles. The van der Waals surface area contributed by atoms with Gasteiger partial charge in [-0.1, -0.05) is 0 Å². The molecule has 0 aliphatic carbocycles. The summed E-state index contributed by atoms with van der Waals surface area (Å²) in [7, 11) is 2.17. The summed E-state index contributed by atoms with van der Waals surface area (Å²) in [5.74, 6) is 0. The van der Waals surface area contributed by atoms with Crippen LogP contribution in [0.4, 0.5) is 0 Å². The average molecular weight is 276 g/mol. The van der Waals surface area contributed by atoms with Gasteiger partial charge in [0, 0.05) is 37.5 Å². The van der Waals surface area contributed by atoms with E-state index >= 15 is 0 Å². The fraction of sp³-hybridized carbons (Fsp3) is 0.667. The molecular weight excluding hydrogens is 262 g/mol. The van der Waals surface area contributed by atoms with Crippen LogP contribution in [0.15, 0.2) is 9.98 Å². The van der Waals surface area contributed by atoms with Crippen molar-refractivity contribution in [1.82, 2.24) is 15.2 Å². The Bertz CT molecular complexity index is 302. The average Bonchev–Trinajstić information content (AvgIpc) is 2.51. The van der Waals surface area contributed by atoms with Gasteiger partial charge in [-0.3, -0.25) is 0 Å². The van der Waals surface area contributed by atoms with Gasteiger partial charge in [0.25, 0.3) is 0 Å². The second kappa shape index (κ2) is 4.70. The Morgan fingerprint density at radius 2 is 2.64 bits per heavy atom. The topological polar surface area (TPSA) is 28.2 Å². The third kappa shape index (κ3) is 2.76. The van der Waals surface area contributed by atoms with E-state index in [1.54, 1.807) is 11.3 Å². The van der Waals surface area contributed by atoms with Crippen LogP contribution in [0.3, 0.4) is 0 Å². The molecule has 1 aromatic rings. The van der Waals surface area contributed by atoms with Crippen LogP contribution in [0.2, 0.25) is 0 Å². The SMILES string of the molecule is CN1CCNC(Cc2nc(Br)cs2)C1. The van der Waals surface area contributed by atoms with Crippen molar-refractivity contribution in [3.8, 4) is 0 Å². The van der Waals surface area contributed by atoms with Crippen molar-refractivity contribution in [2.45, 2.75) is 12.5 Å². The third-order valence-electron chi connectivity index (χ3n) is 2.40.